The van der Waals surface area contributed by atoms with Crippen LogP contribution in [0.15, 0.2) is 0 Å². The fourth-order valence-electron chi connectivity index (χ4n) is 6.56. The number of unbranched alkanes of at least 4 members (excludes halogenated alkanes) is 28. The molecule has 0 fully saturated rings. The van der Waals surface area contributed by atoms with Crippen LogP contribution in [0.4, 0.5) is 0 Å². The first-order valence-electron chi connectivity index (χ1n) is 21.7. The quantitative estimate of drug-likeness (QED) is 0.0361. The van der Waals surface area contributed by atoms with Gasteiger partial charge in [0.25, 0.3) is 0 Å². The Bertz CT molecular complexity index is 815. The van der Waals surface area contributed by atoms with E-state index in [1.165, 1.54) is 154 Å². The Morgan fingerprint density at radius 1 is 0.490 bits per heavy atom. The number of carbonyl (C=O) groups excluding carboxylic acids is 2. The van der Waals surface area contributed by atoms with Crippen LogP contribution in [-0.2, 0) is 28.2 Å². The lowest BCUT2D eigenvalue weighted by molar-refractivity contribution is -0.161. The third-order valence-corrected chi connectivity index (χ3v) is 10.3. The summed E-state index contributed by atoms with van der Waals surface area (Å²) in [4.78, 5) is 42.9. The first kappa shape index (κ1) is 50.1. The summed E-state index contributed by atoms with van der Waals surface area (Å²) in [6.07, 6.45) is 38.3. The van der Waals surface area contributed by atoms with E-state index < -0.39 is 32.5 Å². The molecule has 9 heteroatoms. The van der Waals surface area contributed by atoms with E-state index in [0.29, 0.717) is 6.42 Å². The highest BCUT2D eigenvalue weighted by atomic mass is 31.2. The number of ether oxygens (including phenoxy) is 2. The Hall–Kier alpha value is -0.950. The van der Waals surface area contributed by atoms with Gasteiger partial charge < -0.3 is 19.3 Å². The Balaban J connectivity index is 3.84. The van der Waals surface area contributed by atoms with E-state index in [1.54, 1.807) is 0 Å². The molecule has 0 amide bonds. The van der Waals surface area contributed by atoms with E-state index in [2.05, 4.69) is 25.3 Å². The van der Waals surface area contributed by atoms with E-state index in [0.717, 1.165) is 44.4 Å². The van der Waals surface area contributed by atoms with Crippen LogP contribution < -0.4 is 0 Å². The molecule has 0 aromatic rings. The predicted octanol–water partition coefficient (Wildman–Crippen LogP) is 13.1. The first-order chi connectivity index (χ1) is 24.6. The Morgan fingerprint density at radius 3 is 1.18 bits per heavy atom. The minimum absolute atomic E-state index is 0.219. The molecule has 0 radical (unpaired) electrons. The van der Waals surface area contributed by atoms with Crippen molar-refractivity contribution < 1.29 is 37.9 Å². The summed E-state index contributed by atoms with van der Waals surface area (Å²) in [5.41, 5.74) is 0. The summed E-state index contributed by atoms with van der Waals surface area (Å²) < 4.78 is 26.4. The number of phosphoric acid groups is 1. The monoisotopic (exact) mass is 747 g/mol. The number of esters is 2. The van der Waals surface area contributed by atoms with E-state index >= 15 is 0 Å². The number of hydrogen-bond donors (Lipinski definition) is 2. The average molecular weight is 747 g/mol. The molecule has 0 saturated carbocycles. The zero-order valence-electron chi connectivity index (χ0n) is 33.7. The van der Waals surface area contributed by atoms with Crippen LogP contribution in [0.1, 0.15) is 233 Å². The van der Waals surface area contributed by atoms with Gasteiger partial charge in [-0.15, -0.1) is 0 Å². The number of carbonyl (C=O) groups is 2. The maximum absolute atomic E-state index is 12.4. The lowest BCUT2D eigenvalue weighted by Gasteiger charge is -2.18. The highest BCUT2D eigenvalue weighted by Gasteiger charge is 2.23. The summed E-state index contributed by atoms with van der Waals surface area (Å²) in [5, 5.41) is 0. The van der Waals surface area contributed by atoms with Crippen molar-refractivity contribution in [1.82, 2.24) is 0 Å². The largest absolute Gasteiger partial charge is 0.469 e. The van der Waals surface area contributed by atoms with Crippen LogP contribution in [0.25, 0.3) is 0 Å². The van der Waals surface area contributed by atoms with Crippen LogP contribution in [0.5, 0.6) is 0 Å². The van der Waals surface area contributed by atoms with Crippen LogP contribution >= 0.6 is 7.82 Å². The highest BCUT2D eigenvalue weighted by molar-refractivity contribution is 7.46. The van der Waals surface area contributed by atoms with Crippen LogP contribution in [0, 0.1) is 5.92 Å². The second-order valence-corrected chi connectivity index (χ2v) is 16.8. The smallest absolute Gasteiger partial charge is 0.462 e. The van der Waals surface area contributed by atoms with E-state index in [1.807, 2.05) is 0 Å². The Morgan fingerprint density at radius 2 is 0.824 bits per heavy atom. The molecule has 51 heavy (non-hydrogen) atoms. The van der Waals surface area contributed by atoms with Crippen molar-refractivity contribution in [1.29, 1.82) is 0 Å². The Kier molecular flexibility index (Phi) is 36.7. The van der Waals surface area contributed by atoms with Crippen LogP contribution in [0.3, 0.4) is 0 Å². The number of phosphoric ester groups is 1. The fraction of sp³-hybridized carbons (Fsp3) is 0.952. The van der Waals surface area contributed by atoms with Crippen molar-refractivity contribution in [2.75, 3.05) is 13.2 Å². The molecule has 0 saturated heterocycles. The van der Waals surface area contributed by atoms with Gasteiger partial charge in [-0.05, 0) is 18.8 Å². The fourth-order valence-corrected chi connectivity index (χ4v) is 6.92. The Labute approximate surface area is 315 Å². The van der Waals surface area contributed by atoms with Gasteiger partial charge in [-0.2, -0.15) is 0 Å². The van der Waals surface area contributed by atoms with Crippen molar-refractivity contribution in [2.45, 2.75) is 239 Å². The molecule has 0 aromatic heterocycles. The third-order valence-electron chi connectivity index (χ3n) is 9.80. The van der Waals surface area contributed by atoms with Gasteiger partial charge in [0.05, 0.1) is 6.61 Å². The summed E-state index contributed by atoms with van der Waals surface area (Å²) in [5.74, 6) is -0.0511. The number of rotatable bonds is 40. The van der Waals surface area contributed by atoms with E-state index in [4.69, 9.17) is 19.3 Å². The van der Waals surface area contributed by atoms with Crippen LogP contribution in [0.2, 0.25) is 0 Å². The molecule has 8 nitrogen and oxygen atoms in total. The molecule has 0 aromatic carbocycles. The van der Waals surface area contributed by atoms with Gasteiger partial charge in [-0.3, -0.25) is 14.1 Å². The lowest BCUT2D eigenvalue weighted by Crippen LogP contribution is -2.29. The SMILES string of the molecule is CCCCCCCCCCCCCCCCCCCCC(=O)OC[C@H](COP(=O)(O)O)OC(=O)CCCCCCCCCCCCCCC(C)C. The minimum Gasteiger partial charge on any atom is -0.462 e. The molecular weight excluding hydrogens is 663 g/mol. The van der Waals surface area contributed by atoms with Crippen molar-refractivity contribution in [3.8, 4) is 0 Å². The molecule has 2 N–H and O–H groups in total. The maximum Gasteiger partial charge on any atom is 0.469 e. The molecule has 0 rings (SSSR count). The molecule has 0 heterocycles. The molecule has 0 aliphatic heterocycles. The summed E-state index contributed by atoms with van der Waals surface area (Å²) in [7, 11) is -4.75. The third kappa shape index (κ3) is 41.7. The van der Waals surface area contributed by atoms with Crippen molar-refractivity contribution in [3.05, 3.63) is 0 Å². The van der Waals surface area contributed by atoms with Gasteiger partial charge >= 0.3 is 19.8 Å². The molecule has 0 spiro atoms. The number of hydrogen-bond acceptors (Lipinski definition) is 6. The molecular formula is C42H83O8P. The standard InChI is InChI=1S/C42H83O8P/c1-4-5-6-7-8-9-10-11-12-13-14-15-16-20-23-26-29-32-35-41(43)48-37-40(38-49-51(45,46)47)50-42(44)36-33-30-27-24-21-18-17-19-22-25-28-31-34-39(2)3/h39-40H,4-38H2,1-3H3,(H2,45,46,47)/t40-/m1/s1. The summed E-state index contributed by atoms with van der Waals surface area (Å²) >= 11 is 0. The zero-order valence-corrected chi connectivity index (χ0v) is 34.6. The van der Waals surface area contributed by atoms with Gasteiger partial charge in [0.15, 0.2) is 6.10 Å². The summed E-state index contributed by atoms with van der Waals surface area (Å²) in [6.45, 7) is 6.05. The van der Waals surface area contributed by atoms with E-state index in [-0.39, 0.29) is 19.4 Å². The topological polar surface area (TPSA) is 119 Å². The molecule has 1 atom stereocenters. The van der Waals surface area contributed by atoms with Crippen molar-refractivity contribution in [2.24, 2.45) is 5.92 Å². The van der Waals surface area contributed by atoms with Gasteiger partial charge in [0.2, 0.25) is 0 Å². The normalized spacial score (nSPS) is 12.4. The lowest BCUT2D eigenvalue weighted by atomic mass is 10.0. The second-order valence-electron chi connectivity index (χ2n) is 15.5. The molecule has 0 unspecified atom stereocenters. The predicted molar refractivity (Wildman–Crippen MR) is 212 cm³/mol. The van der Waals surface area contributed by atoms with Crippen molar-refractivity contribution >= 4 is 19.8 Å². The van der Waals surface area contributed by atoms with Crippen LogP contribution in [-0.4, -0.2) is 41.0 Å². The molecule has 0 bridgehead atoms. The first-order valence-corrected chi connectivity index (χ1v) is 23.2. The second kappa shape index (κ2) is 37.4. The van der Waals surface area contributed by atoms with Crippen molar-refractivity contribution in [3.63, 3.8) is 0 Å². The molecule has 0 aliphatic rings. The van der Waals surface area contributed by atoms with Gasteiger partial charge in [0, 0.05) is 12.8 Å². The summed E-state index contributed by atoms with van der Waals surface area (Å²) in [6, 6.07) is 0. The van der Waals surface area contributed by atoms with Gasteiger partial charge in [0.1, 0.15) is 6.61 Å². The minimum atomic E-state index is -4.75. The highest BCUT2D eigenvalue weighted by Crippen LogP contribution is 2.36. The molecule has 304 valence electrons. The van der Waals surface area contributed by atoms with Gasteiger partial charge in [-0.1, -0.05) is 207 Å². The zero-order chi connectivity index (χ0) is 37.7. The van der Waals surface area contributed by atoms with Gasteiger partial charge in [-0.25, -0.2) is 4.57 Å². The molecule has 0 aliphatic carbocycles. The average Bonchev–Trinajstić information content (AvgIpc) is 3.08. The maximum atomic E-state index is 12.4. The van der Waals surface area contributed by atoms with E-state index in [9.17, 15) is 14.2 Å².